The third-order valence-electron chi connectivity index (χ3n) is 3.98. The number of carbonyl (C=O) groups excluding carboxylic acids is 1. The Bertz CT molecular complexity index is 766. The Kier molecular flexibility index (Phi) is 11.5. The molecule has 3 rings (SSSR count). The van der Waals surface area contributed by atoms with Crippen molar-refractivity contribution in [1.29, 1.82) is 0 Å². The number of halogens is 1. The minimum atomic E-state index is -0.347. The zero-order valence-electron chi connectivity index (χ0n) is 16.0. The molecule has 0 spiro atoms. The third-order valence-corrected chi connectivity index (χ3v) is 5.14. The summed E-state index contributed by atoms with van der Waals surface area (Å²) in [6, 6.07) is 21.3. The molecule has 0 aliphatic carbocycles. The molecule has 0 bridgehead atoms. The van der Waals surface area contributed by atoms with Gasteiger partial charge in [0, 0.05) is 28.5 Å². The number of rotatable bonds is 7. The third kappa shape index (κ3) is 8.03. The van der Waals surface area contributed by atoms with Gasteiger partial charge in [-0.25, -0.2) is 10.5 Å². The van der Waals surface area contributed by atoms with Crippen LogP contribution in [0.1, 0.15) is 24.2 Å². The first kappa shape index (κ1) is 24.2. The van der Waals surface area contributed by atoms with E-state index in [-0.39, 0.29) is 28.8 Å². The van der Waals surface area contributed by atoms with Crippen LogP contribution in [0.4, 0.5) is 10.1 Å². The van der Waals surface area contributed by atoms with Crippen LogP contribution < -0.4 is 5.32 Å². The average Bonchev–Trinajstić information content (AvgIpc) is 3.38. The molecule has 28 heavy (non-hydrogen) atoms. The molecule has 0 unspecified atom stereocenters. The van der Waals surface area contributed by atoms with E-state index in [4.69, 9.17) is 0 Å². The first-order valence-electron chi connectivity index (χ1n) is 8.98. The van der Waals surface area contributed by atoms with Crippen molar-refractivity contribution in [2.75, 3.05) is 24.3 Å². The first-order valence-corrected chi connectivity index (χ1v) is 9.97. The molecule has 156 valence electrons. The fraction of sp³-hybridized carbons (Fsp3) is 0.227. The molecule has 0 aromatic heterocycles. The Balaban J connectivity index is 0.000000567. The molecule has 1 amide bonds. The topological polar surface area (TPSA) is 32.3 Å². The Hall–Kier alpha value is -1.85. The van der Waals surface area contributed by atoms with Crippen LogP contribution in [0.15, 0.2) is 77.7 Å². The number of hydrogen-bond donors (Lipinski definition) is 1. The zero-order valence-corrected chi connectivity index (χ0v) is 18.0. The molecule has 6 heteroatoms. The maximum absolute atomic E-state index is 12.9. The van der Waals surface area contributed by atoms with Gasteiger partial charge < -0.3 is 35.6 Å². The first-order chi connectivity index (χ1) is 13.1. The predicted molar refractivity (Wildman–Crippen MR) is 112 cm³/mol. The number of thioether (sulfide) groups is 1. The molecule has 0 atom stereocenters. The van der Waals surface area contributed by atoms with Crippen molar-refractivity contribution in [3.05, 3.63) is 84.2 Å². The Morgan fingerprint density at radius 1 is 1.07 bits per heavy atom. The van der Waals surface area contributed by atoms with E-state index in [1.165, 1.54) is 24.3 Å². The number of benzene rings is 1. The predicted octanol–water partition coefficient (Wildman–Crippen LogP) is 5.59. The van der Waals surface area contributed by atoms with Crippen molar-refractivity contribution < 1.29 is 26.3 Å². The van der Waals surface area contributed by atoms with Gasteiger partial charge in [-0.1, -0.05) is 24.4 Å². The molecule has 0 radical (unpaired) electrons. The van der Waals surface area contributed by atoms with Gasteiger partial charge in [0.1, 0.15) is 5.82 Å². The van der Waals surface area contributed by atoms with Crippen molar-refractivity contribution in [2.45, 2.75) is 18.7 Å². The number of carbonyl (C=O) groups is 1. The number of amides is 1. The van der Waals surface area contributed by atoms with Gasteiger partial charge >= 0.3 is 0 Å². The minimum absolute atomic E-state index is 0. The van der Waals surface area contributed by atoms with Gasteiger partial charge in [-0.2, -0.15) is 23.9 Å². The van der Waals surface area contributed by atoms with Gasteiger partial charge in [0.2, 0.25) is 0 Å². The maximum Gasteiger partial charge on any atom is 0.253 e. The van der Waals surface area contributed by atoms with Crippen LogP contribution in [0.2, 0.25) is 0 Å². The second-order valence-electron chi connectivity index (χ2n) is 5.80. The van der Waals surface area contributed by atoms with Crippen molar-refractivity contribution in [1.82, 2.24) is 4.90 Å². The average molecular weight is 440 g/mol. The van der Waals surface area contributed by atoms with Crippen LogP contribution in [0.5, 0.6) is 0 Å². The second kappa shape index (κ2) is 13.3. The molecule has 3 aromatic rings. The summed E-state index contributed by atoms with van der Waals surface area (Å²) < 4.78 is 12.9. The Morgan fingerprint density at radius 3 is 2.18 bits per heavy atom. The van der Waals surface area contributed by atoms with E-state index in [0.29, 0.717) is 5.56 Å². The summed E-state index contributed by atoms with van der Waals surface area (Å²) in [6.45, 7) is 6.27. The van der Waals surface area contributed by atoms with Gasteiger partial charge in [0.15, 0.2) is 0 Å². The van der Waals surface area contributed by atoms with Crippen molar-refractivity contribution in [3.8, 4) is 0 Å². The molecule has 3 aromatic carbocycles. The van der Waals surface area contributed by atoms with Gasteiger partial charge in [-0.05, 0) is 37.4 Å². The molecule has 0 heterocycles. The van der Waals surface area contributed by atoms with Crippen LogP contribution >= 0.6 is 11.8 Å². The van der Waals surface area contributed by atoms with Gasteiger partial charge in [-0.3, -0.25) is 9.69 Å². The summed E-state index contributed by atoms with van der Waals surface area (Å²) in [5.74, 6) is 0.312. The van der Waals surface area contributed by atoms with E-state index in [2.05, 4.69) is 24.1 Å². The largest absolute Gasteiger partial charge is 0.748 e. The van der Waals surface area contributed by atoms with Crippen LogP contribution in [0, 0.1) is 5.82 Å². The van der Waals surface area contributed by atoms with Gasteiger partial charge in [-0.15, -0.1) is 0 Å². The van der Waals surface area contributed by atoms with Gasteiger partial charge in [0.05, 0.1) is 0 Å². The Morgan fingerprint density at radius 2 is 1.64 bits per heavy atom. The number of nitrogens with one attached hydrogen (secondary N) is 1. The second-order valence-corrected chi connectivity index (χ2v) is 6.79. The molecule has 3 nitrogen and oxygen atoms in total. The maximum atomic E-state index is 12.9. The van der Waals surface area contributed by atoms with E-state index < -0.39 is 0 Å². The molecule has 0 fully saturated rings. The van der Waals surface area contributed by atoms with Crippen LogP contribution in [-0.4, -0.2) is 29.8 Å². The molecule has 1 N–H and O–H groups in total. The SMILES string of the molecule is CCN(CC)CS[c-]1cccc1NC(=O)c1ccc(F)cc1.[Fe].[cH-]1[cH-][cH-][cH-][cH-]1. The summed E-state index contributed by atoms with van der Waals surface area (Å²) in [4.78, 5) is 15.5. The molecular weight excluding hydrogens is 415 g/mol. The fourth-order valence-corrected chi connectivity index (χ4v) is 3.45. The molecule has 0 saturated heterocycles. The zero-order chi connectivity index (χ0) is 19.5. The van der Waals surface area contributed by atoms with Crippen LogP contribution in [0.3, 0.4) is 0 Å². The summed E-state index contributed by atoms with van der Waals surface area (Å²) in [7, 11) is 0. The molecular formula is C22H25FFeN2OS-6. The summed E-state index contributed by atoms with van der Waals surface area (Å²) >= 11 is 1.70. The van der Waals surface area contributed by atoms with E-state index >= 15 is 0 Å². The summed E-state index contributed by atoms with van der Waals surface area (Å²) in [5, 5.41) is 2.89. The van der Waals surface area contributed by atoms with Crippen molar-refractivity contribution >= 4 is 23.4 Å². The van der Waals surface area contributed by atoms with Crippen LogP contribution in [0.25, 0.3) is 0 Å². The van der Waals surface area contributed by atoms with E-state index in [0.717, 1.165) is 29.5 Å². The standard InChI is InChI=1S/C17H20FN2OS.C5H5.Fe/c1-3-20(4-2)12-22-16-7-5-6-15(16)19-17(21)13-8-10-14(18)11-9-13;1-2-4-5-3-1;/h5-11H,3-4,12H2,1-2H3,(H,19,21);1-5H;/q-1;-5;. The fourth-order valence-electron chi connectivity index (χ4n) is 2.32. The van der Waals surface area contributed by atoms with Crippen LogP contribution in [-0.2, 0) is 17.1 Å². The van der Waals surface area contributed by atoms with Gasteiger partial charge in [0.25, 0.3) is 5.91 Å². The monoisotopic (exact) mass is 440 g/mol. The molecule has 0 aliphatic rings. The van der Waals surface area contributed by atoms with Crippen molar-refractivity contribution in [2.24, 2.45) is 0 Å². The minimum Gasteiger partial charge on any atom is -0.748 e. The van der Waals surface area contributed by atoms with E-state index in [1.54, 1.807) is 11.8 Å². The number of nitrogens with zero attached hydrogens (tertiary/aromatic N) is 1. The van der Waals surface area contributed by atoms with Crippen molar-refractivity contribution in [3.63, 3.8) is 0 Å². The Labute approximate surface area is 181 Å². The van der Waals surface area contributed by atoms with E-state index in [1.807, 2.05) is 48.5 Å². The number of anilines is 1. The quantitative estimate of drug-likeness (QED) is 0.225. The normalized spacial score (nSPS) is 10.0. The smallest absolute Gasteiger partial charge is 0.253 e. The summed E-state index contributed by atoms with van der Waals surface area (Å²) in [5.41, 5.74) is 1.24. The summed E-state index contributed by atoms with van der Waals surface area (Å²) in [6.07, 6.45) is 0. The molecule has 0 saturated carbocycles. The number of hydrogen-bond acceptors (Lipinski definition) is 3. The molecule has 0 aliphatic heterocycles. The van der Waals surface area contributed by atoms with E-state index in [9.17, 15) is 9.18 Å².